The summed E-state index contributed by atoms with van der Waals surface area (Å²) in [5, 5.41) is 3.51. The Hall–Kier alpha value is -0.0800. The average molecular weight is 238 g/mol. The molecule has 2 fully saturated rings. The summed E-state index contributed by atoms with van der Waals surface area (Å²) in [4.78, 5) is 2.80. The van der Waals surface area contributed by atoms with Crippen molar-refractivity contribution in [3.63, 3.8) is 0 Å². The number of hydrogen-bond donors (Lipinski definition) is 1. The highest BCUT2D eigenvalue weighted by molar-refractivity contribution is 4.91. The largest absolute Gasteiger partial charge is 0.316 e. The van der Waals surface area contributed by atoms with Gasteiger partial charge in [0.1, 0.15) is 0 Å². The molecule has 0 radical (unpaired) electrons. The molecule has 0 amide bonds. The summed E-state index contributed by atoms with van der Waals surface area (Å²) < 4.78 is 0. The molecule has 2 nitrogen and oxygen atoms in total. The van der Waals surface area contributed by atoms with Gasteiger partial charge in [-0.2, -0.15) is 0 Å². The Morgan fingerprint density at radius 2 is 1.94 bits per heavy atom. The molecular weight excluding hydrogens is 208 g/mol. The summed E-state index contributed by atoms with van der Waals surface area (Å²) >= 11 is 0. The molecule has 100 valence electrons. The molecule has 0 aromatic heterocycles. The van der Waals surface area contributed by atoms with Gasteiger partial charge in [0.05, 0.1) is 0 Å². The second-order valence-corrected chi connectivity index (χ2v) is 6.82. The lowest BCUT2D eigenvalue weighted by atomic mass is 9.87. The number of hydrogen-bond acceptors (Lipinski definition) is 2. The van der Waals surface area contributed by atoms with E-state index < -0.39 is 0 Å². The highest BCUT2D eigenvalue weighted by Crippen LogP contribution is 2.37. The van der Waals surface area contributed by atoms with E-state index >= 15 is 0 Å². The van der Waals surface area contributed by atoms with Crippen molar-refractivity contribution < 1.29 is 0 Å². The molecular formula is C15H30N2. The van der Waals surface area contributed by atoms with Crippen LogP contribution in [0.15, 0.2) is 0 Å². The van der Waals surface area contributed by atoms with Gasteiger partial charge in [0.15, 0.2) is 0 Å². The van der Waals surface area contributed by atoms with Gasteiger partial charge in [0.2, 0.25) is 0 Å². The molecule has 2 atom stereocenters. The minimum absolute atomic E-state index is 0.417. The number of fused-ring (bicyclic) bond motifs is 1. The second kappa shape index (κ2) is 5.71. The molecule has 2 heteroatoms. The molecule has 1 N–H and O–H groups in total. The van der Waals surface area contributed by atoms with E-state index in [-0.39, 0.29) is 0 Å². The van der Waals surface area contributed by atoms with Gasteiger partial charge in [-0.3, -0.25) is 4.90 Å². The second-order valence-electron chi connectivity index (χ2n) is 6.82. The Bertz CT molecular complexity index is 237. The van der Waals surface area contributed by atoms with Gasteiger partial charge in [0, 0.05) is 19.1 Å². The normalized spacial score (nSPS) is 30.5. The van der Waals surface area contributed by atoms with E-state index in [1.54, 1.807) is 0 Å². The highest BCUT2D eigenvalue weighted by atomic mass is 15.2. The number of rotatable bonds is 5. The van der Waals surface area contributed by atoms with Crippen LogP contribution in [0.2, 0.25) is 0 Å². The van der Waals surface area contributed by atoms with Gasteiger partial charge in [0.25, 0.3) is 0 Å². The maximum Gasteiger partial charge on any atom is 0.0124 e. The van der Waals surface area contributed by atoms with E-state index in [1.807, 2.05) is 0 Å². The molecule has 1 saturated carbocycles. The Labute approximate surface area is 107 Å². The lowest BCUT2D eigenvalue weighted by molar-refractivity contribution is 0.0714. The van der Waals surface area contributed by atoms with Gasteiger partial charge < -0.3 is 5.32 Å². The molecule has 1 aliphatic heterocycles. The molecule has 2 unspecified atom stereocenters. The highest BCUT2D eigenvalue weighted by Gasteiger charge is 2.36. The van der Waals surface area contributed by atoms with E-state index in [2.05, 4.69) is 31.0 Å². The Morgan fingerprint density at radius 3 is 2.71 bits per heavy atom. The van der Waals surface area contributed by atoms with Crippen molar-refractivity contribution in [2.24, 2.45) is 11.3 Å². The van der Waals surface area contributed by atoms with Crippen LogP contribution in [0.5, 0.6) is 0 Å². The van der Waals surface area contributed by atoms with Gasteiger partial charge in [-0.15, -0.1) is 0 Å². The first-order chi connectivity index (χ1) is 8.12. The molecule has 0 spiro atoms. The van der Waals surface area contributed by atoms with Crippen LogP contribution >= 0.6 is 0 Å². The van der Waals surface area contributed by atoms with Crippen LogP contribution in [0, 0.1) is 11.3 Å². The Morgan fingerprint density at radius 1 is 1.18 bits per heavy atom. The third-order valence-corrected chi connectivity index (χ3v) is 4.59. The van der Waals surface area contributed by atoms with Crippen molar-refractivity contribution in [1.82, 2.24) is 10.2 Å². The maximum absolute atomic E-state index is 3.51. The Balaban J connectivity index is 1.88. The standard InChI is InChI=1S/C15H30N2/c1-4-16-11-15(2,3)12-17-10-6-8-13-7-5-9-14(13)17/h13-14,16H,4-12H2,1-3H3. The van der Waals surface area contributed by atoms with Crippen LogP contribution in [0.3, 0.4) is 0 Å². The molecule has 1 saturated heterocycles. The molecule has 1 aliphatic carbocycles. The number of likely N-dealkylation sites (tertiary alicyclic amines) is 1. The molecule has 0 aromatic rings. The smallest absolute Gasteiger partial charge is 0.0124 e. The quantitative estimate of drug-likeness (QED) is 0.792. The van der Waals surface area contributed by atoms with Gasteiger partial charge >= 0.3 is 0 Å². The first-order valence-corrected chi connectivity index (χ1v) is 7.57. The van der Waals surface area contributed by atoms with Crippen LogP contribution in [0.25, 0.3) is 0 Å². The first kappa shape index (κ1) is 13.4. The van der Waals surface area contributed by atoms with Crippen molar-refractivity contribution in [2.45, 2.75) is 58.9 Å². The van der Waals surface area contributed by atoms with Gasteiger partial charge in [-0.1, -0.05) is 27.2 Å². The zero-order valence-corrected chi connectivity index (χ0v) is 12.0. The predicted molar refractivity (Wildman–Crippen MR) is 74.3 cm³/mol. The van der Waals surface area contributed by atoms with Crippen LogP contribution < -0.4 is 5.32 Å². The van der Waals surface area contributed by atoms with E-state index in [0.29, 0.717) is 5.41 Å². The minimum Gasteiger partial charge on any atom is -0.316 e. The average Bonchev–Trinajstić information content (AvgIpc) is 2.75. The summed E-state index contributed by atoms with van der Waals surface area (Å²) in [6.45, 7) is 11.9. The molecule has 17 heavy (non-hydrogen) atoms. The van der Waals surface area contributed by atoms with Crippen LogP contribution in [-0.4, -0.2) is 37.1 Å². The topological polar surface area (TPSA) is 15.3 Å². The molecule has 2 aliphatic rings. The monoisotopic (exact) mass is 238 g/mol. The maximum atomic E-state index is 3.51. The van der Waals surface area contributed by atoms with Gasteiger partial charge in [-0.25, -0.2) is 0 Å². The fraction of sp³-hybridized carbons (Fsp3) is 1.00. The third kappa shape index (κ3) is 3.45. The summed E-state index contributed by atoms with van der Waals surface area (Å²) in [6, 6.07) is 0.921. The molecule has 0 bridgehead atoms. The van der Waals surface area contributed by atoms with E-state index in [9.17, 15) is 0 Å². The summed E-state index contributed by atoms with van der Waals surface area (Å²) in [5.74, 6) is 1.03. The van der Waals surface area contributed by atoms with Crippen LogP contribution in [-0.2, 0) is 0 Å². The number of piperidine rings is 1. The SMILES string of the molecule is CCNCC(C)(C)CN1CCCC2CCCC21. The lowest BCUT2D eigenvalue weighted by Crippen LogP contribution is -2.48. The van der Waals surface area contributed by atoms with Crippen LogP contribution in [0.1, 0.15) is 52.9 Å². The fourth-order valence-electron chi connectivity index (χ4n) is 3.82. The zero-order chi connectivity index (χ0) is 12.3. The van der Waals surface area contributed by atoms with Crippen LogP contribution in [0.4, 0.5) is 0 Å². The molecule has 1 heterocycles. The summed E-state index contributed by atoms with van der Waals surface area (Å²) in [7, 11) is 0. The zero-order valence-electron chi connectivity index (χ0n) is 12.0. The minimum atomic E-state index is 0.417. The molecule has 2 rings (SSSR count). The predicted octanol–water partition coefficient (Wildman–Crippen LogP) is 2.89. The van der Waals surface area contributed by atoms with E-state index in [4.69, 9.17) is 0 Å². The lowest BCUT2D eigenvalue weighted by Gasteiger charge is -2.42. The molecule has 0 aromatic carbocycles. The van der Waals surface area contributed by atoms with Crippen molar-refractivity contribution in [1.29, 1.82) is 0 Å². The van der Waals surface area contributed by atoms with Crippen molar-refractivity contribution in [3.05, 3.63) is 0 Å². The number of nitrogens with zero attached hydrogens (tertiary/aromatic N) is 1. The van der Waals surface area contributed by atoms with E-state index in [0.717, 1.165) is 25.0 Å². The summed E-state index contributed by atoms with van der Waals surface area (Å²) in [5.41, 5.74) is 0.417. The van der Waals surface area contributed by atoms with Crippen molar-refractivity contribution >= 4 is 0 Å². The fourth-order valence-corrected chi connectivity index (χ4v) is 3.82. The first-order valence-electron chi connectivity index (χ1n) is 7.57. The van der Waals surface area contributed by atoms with Gasteiger partial charge in [-0.05, 0) is 50.1 Å². The third-order valence-electron chi connectivity index (χ3n) is 4.59. The summed E-state index contributed by atoms with van der Waals surface area (Å²) in [6.07, 6.45) is 7.35. The van der Waals surface area contributed by atoms with Crippen molar-refractivity contribution in [3.8, 4) is 0 Å². The number of nitrogens with one attached hydrogen (secondary N) is 1. The van der Waals surface area contributed by atoms with Crippen molar-refractivity contribution in [2.75, 3.05) is 26.2 Å². The van der Waals surface area contributed by atoms with E-state index in [1.165, 1.54) is 45.2 Å². The Kier molecular flexibility index (Phi) is 4.48.